The van der Waals surface area contributed by atoms with Gasteiger partial charge in [-0.2, -0.15) is 5.26 Å². The lowest BCUT2D eigenvalue weighted by Crippen LogP contribution is -2.14. The molecule has 6 rings (SSSR count). The van der Waals surface area contributed by atoms with Crippen molar-refractivity contribution in [2.24, 2.45) is 0 Å². The van der Waals surface area contributed by atoms with Crippen LogP contribution in [0.1, 0.15) is 66.7 Å². The minimum Gasteiger partial charge on any atom is -0.377 e. The van der Waals surface area contributed by atoms with Crippen LogP contribution in [-0.4, -0.2) is 20.0 Å². The second kappa shape index (κ2) is 10.8. The average molecular weight is 534 g/mol. The van der Waals surface area contributed by atoms with Gasteiger partial charge in [-0.1, -0.05) is 84.4 Å². The first-order valence-electron chi connectivity index (χ1n) is 13.2. The minimum atomic E-state index is -0.233. The van der Waals surface area contributed by atoms with E-state index < -0.39 is 0 Å². The van der Waals surface area contributed by atoms with Crippen LogP contribution in [0, 0.1) is 11.3 Å². The van der Waals surface area contributed by atoms with E-state index in [4.69, 9.17) is 11.6 Å². The molecule has 3 aromatic carbocycles. The predicted octanol–water partition coefficient (Wildman–Crippen LogP) is 7.45. The van der Waals surface area contributed by atoms with E-state index in [1.165, 1.54) is 0 Å². The third-order valence-electron chi connectivity index (χ3n) is 7.16. The third kappa shape index (κ3) is 5.16. The molecule has 2 heterocycles. The van der Waals surface area contributed by atoms with Crippen molar-refractivity contribution in [1.29, 1.82) is 5.26 Å². The normalized spacial score (nSPS) is 14.5. The molecule has 194 valence electrons. The zero-order valence-electron chi connectivity index (χ0n) is 21.6. The Labute approximate surface area is 232 Å². The summed E-state index contributed by atoms with van der Waals surface area (Å²) in [5.74, 6) is 0. The van der Waals surface area contributed by atoms with E-state index in [1.54, 1.807) is 6.20 Å². The van der Waals surface area contributed by atoms with Crippen LogP contribution in [0.2, 0.25) is 5.02 Å². The standard InChI is InChI=1S/C31H28ClN7/c1-2-27(20-9-5-3-6-10-20)36-29-22(17-33)18-34-31-25(29)15-23(16-26(31)32)35-30(21-11-7-4-8-12-21)28-19-39(38-37-28)24-13-14-24/h3-12,15-16,18-19,24,27,30,35H,2,13-14H2,1H3,(H,34,36)/t27-,30?/m1/s1. The molecule has 2 N–H and O–H groups in total. The fraction of sp³-hybridized carbons (Fsp3) is 0.226. The van der Waals surface area contributed by atoms with Crippen molar-refractivity contribution < 1.29 is 0 Å². The van der Waals surface area contributed by atoms with Crippen LogP contribution in [-0.2, 0) is 0 Å². The SMILES string of the molecule is CC[C@@H](Nc1c(C#N)cnc2c(Cl)cc(NC(c3ccccc3)c3cn(C4CC4)nn3)cc12)c1ccccc1. The van der Waals surface area contributed by atoms with Crippen molar-refractivity contribution >= 4 is 33.9 Å². The van der Waals surface area contributed by atoms with E-state index in [2.05, 4.69) is 63.2 Å². The third-order valence-corrected chi connectivity index (χ3v) is 7.45. The molecule has 8 heteroatoms. The Bertz CT molecular complexity index is 1640. The number of pyridine rings is 1. The number of nitriles is 1. The van der Waals surface area contributed by atoms with E-state index in [1.807, 2.05) is 59.4 Å². The highest BCUT2D eigenvalue weighted by Gasteiger charge is 2.27. The van der Waals surface area contributed by atoms with Gasteiger partial charge in [-0.05, 0) is 42.5 Å². The summed E-state index contributed by atoms with van der Waals surface area (Å²) in [6, 6.07) is 26.8. The van der Waals surface area contributed by atoms with Gasteiger partial charge in [-0.15, -0.1) is 5.10 Å². The van der Waals surface area contributed by atoms with Crippen LogP contribution in [0.5, 0.6) is 0 Å². The summed E-state index contributed by atoms with van der Waals surface area (Å²) in [5, 5.41) is 27.4. The fourth-order valence-corrected chi connectivity index (χ4v) is 5.21. The number of fused-ring (bicyclic) bond motifs is 1. The maximum atomic E-state index is 9.97. The van der Waals surface area contributed by atoms with Crippen LogP contribution < -0.4 is 10.6 Å². The molecule has 1 saturated carbocycles. The van der Waals surface area contributed by atoms with Gasteiger partial charge in [-0.25, -0.2) is 4.68 Å². The number of nitrogens with zero attached hydrogens (tertiary/aromatic N) is 5. The molecule has 2 atom stereocenters. The molecule has 1 aliphatic carbocycles. The van der Waals surface area contributed by atoms with Gasteiger partial charge in [0.05, 0.1) is 46.1 Å². The van der Waals surface area contributed by atoms with Crippen molar-refractivity contribution in [1.82, 2.24) is 20.0 Å². The predicted molar refractivity (Wildman–Crippen MR) is 155 cm³/mol. The van der Waals surface area contributed by atoms with Crippen LogP contribution >= 0.6 is 11.6 Å². The summed E-state index contributed by atoms with van der Waals surface area (Å²) in [6.45, 7) is 2.12. The van der Waals surface area contributed by atoms with Gasteiger partial charge in [0.25, 0.3) is 0 Å². The summed E-state index contributed by atoms with van der Waals surface area (Å²) >= 11 is 6.80. The van der Waals surface area contributed by atoms with Gasteiger partial charge < -0.3 is 10.6 Å². The molecule has 0 aliphatic heterocycles. The van der Waals surface area contributed by atoms with E-state index in [-0.39, 0.29) is 12.1 Å². The summed E-state index contributed by atoms with van der Waals surface area (Å²) in [5.41, 5.74) is 5.68. The van der Waals surface area contributed by atoms with Crippen LogP contribution in [0.25, 0.3) is 10.9 Å². The van der Waals surface area contributed by atoms with Crippen molar-refractivity contribution in [2.75, 3.05) is 10.6 Å². The number of hydrogen-bond acceptors (Lipinski definition) is 6. The number of rotatable bonds is 9. The van der Waals surface area contributed by atoms with Crippen LogP contribution in [0.4, 0.5) is 11.4 Å². The molecule has 1 fully saturated rings. The number of hydrogen-bond donors (Lipinski definition) is 2. The molecule has 0 spiro atoms. The van der Waals surface area contributed by atoms with E-state index in [9.17, 15) is 5.26 Å². The lowest BCUT2D eigenvalue weighted by Gasteiger charge is -2.22. The molecule has 0 saturated heterocycles. The topological polar surface area (TPSA) is 91.5 Å². The Kier molecular flexibility index (Phi) is 6.87. The largest absolute Gasteiger partial charge is 0.377 e. The highest BCUT2D eigenvalue weighted by molar-refractivity contribution is 6.35. The van der Waals surface area contributed by atoms with Crippen molar-refractivity contribution in [3.05, 3.63) is 113 Å². The average Bonchev–Trinajstić information content (AvgIpc) is 3.72. The van der Waals surface area contributed by atoms with Crippen molar-refractivity contribution in [3.8, 4) is 6.07 Å². The second-order valence-corrected chi connectivity index (χ2v) is 10.3. The number of nitrogens with one attached hydrogen (secondary N) is 2. The molecular formula is C31H28ClN7. The minimum absolute atomic E-state index is 0.0221. The molecule has 39 heavy (non-hydrogen) atoms. The van der Waals surface area contributed by atoms with E-state index >= 15 is 0 Å². The fourth-order valence-electron chi connectivity index (χ4n) is 4.94. The molecule has 1 unspecified atom stereocenters. The van der Waals surface area contributed by atoms with Gasteiger partial charge in [0, 0.05) is 17.3 Å². The Balaban J connectivity index is 1.42. The second-order valence-electron chi connectivity index (χ2n) is 9.87. The van der Waals surface area contributed by atoms with Crippen molar-refractivity contribution in [2.45, 2.75) is 44.3 Å². The molecule has 5 aromatic rings. The summed E-state index contributed by atoms with van der Waals surface area (Å²) in [6.07, 6.45) is 6.73. The molecule has 2 aromatic heterocycles. The molecule has 0 radical (unpaired) electrons. The Morgan fingerprint density at radius 1 is 1.03 bits per heavy atom. The first-order chi connectivity index (χ1) is 19.1. The summed E-state index contributed by atoms with van der Waals surface area (Å²) < 4.78 is 1.96. The Morgan fingerprint density at radius 3 is 2.41 bits per heavy atom. The molecule has 0 amide bonds. The van der Waals surface area contributed by atoms with Gasteiger partial charge in [0.2, 0.25) is 0 Å². The van der Waals surface area contributed by atoms with E-state index in [0.29, 0.717) is 22.1 Å². The highest BCUT2D eigenvalue weighted by Crippen LogP contribution is 2.38. The first-order valence-corrected chi connectivity index (χ1v) is 13.6. The summed E-state index contributed by atoms with van der Waals surface area (Å²) in [4.78, 5) is 4.54. The maximum Gasteiger partial charge on any atom is 0.109 e. The first kappa shape index (κ1) is 24.9. The number of anilines is 2. The lowest BCUT2D eigenvalue weighted by atomic mass is 10.0. The number of halogens is 1. The van der Waals surface area contributed by atoms with Crippen LogP contribution in [0.3, 0.4) is 0 Å². The molecular weight excluding hydrogens is 506 g/mol. The highest BCUT2D eigenvalue weighted by atomic mass is 35.5. The maximum absolute atomic E-state index is 9.97. The lowest BCUT2D eigenvalue weighted by molar-refractivity contribution is 0.610. The number of aromatic nitrogens is 4. The van der Waals surface area contributed by atoms with Gasteiger partial charge in [0.1, 0.15) is 11.8 Å². The molecule has 1 aliphatic rings. The Hall–Kier alpha value is -4.41. The number of benzene rings is 3. The zero-order chi connectivity index (χ0) is 26.8. The molecule has 0 bridgehead atoms. The van der Waals surface area contributed by atoms with Crippen LogP contribution in [0.15, 0.2) is 85.2 Å². The Morgan fingerprint density at radius 2 is 1.74 bits per heavy atom. The summed E-state index contributed by atoms with van der Waals surface area (Å²) in [7, 11) is 0. The monoisotopic (exact) mass is 533 g/mol. The molecule has 7 nitrogen and oxygen atoms in total. The van der Waals surface area contributed by atoms with E-state index in [0.717, 1.165) is 52.8 Å². The van der Waals surface area contributed by atoms with Gasteiger partial charge in [0.15, 0.2) is 0 Å². The van der Waals surface area contributed by atoms with Gasteiger partial charge >= 0.3 is 0 Å². The quantitative estimate of drug-likeness (QED) is 0.204. The smallest absolute Gasteiger partial charge is 0.109 e. The van der Waals surface area contributed by atoms with Crippen molar-refractivity contribution in [3.63, 3.8) is 0 Å². The van der Waals surface area contributed by atoms with Gasteiger partial charge in [-0.3, -0.25) is 4.98 Å². The zero-order valence-corrected chi connectivity index (χ0v) is 22.3.